The van der Waals surface area contributed by atoms with E-state index in [2.05, 4.69) is 63.5 Å². The average molecular weight is 451 g/mol. The van der Waals surface area contributed by atoms with Crippen LogP contribution in [-0.2, 0) is 19.2 Å². The van der Waals surface area contributed by atoms with Crippen molar-refractivity contribution in [1.82, 2.24) is 0 Å². The summed E-state index contributed by atoms with van der Waals surface area (Å²) >= 11 is 2.27. The molecule has 0 amide bonds. The molecule has 0 aromatic rings. The predicted molar refractivity (Wildman–Crippen MR) is 107 cm³/mol. The van der Waals surface area contributed by atoms with E-state index in [0.29, 0.717) is 12.0 Å². The minimum absolute atomic E-state index is 0. The molecule has 3 atom stereocenters. The monoisotopic (exact) mass is 450 g/mol. The summed E-state index contributed by atoms with van der Waals surface area (Å²) in [6, 6.07) is 0.616. The molecule has 0 aliphatic heterocycles. The third-order valence-corrected chi connectivity index (χ3v) is 4.91. The normalized spacial score (nSPS) is 22.6. The van der Waals surface area contributed by atoms with Gasteiger partial charge >= 0.3 is 38.5 Å². The second-order valence-electron chi connectivity index (χ2n) is 7.54. The molecule has 0 heterocycles. The summed E-state index contributed by atoms with van der Waals surface area (Å²) in [6.45, 7) is 7.92. The predicted octanol–water partition coefficient (Wildman–Crippen LogP) is 0.814. The molecule has 1 nitrogen and oxygen atoms in total. The fourth-order valence-electron chi connectivity index (χ4n) is 3.64. The zero-order valence-electron chi connectivity index (χ0n) is 17.0. The van der Waals surface area contributed by atoms with Crippen molar-refractivity contribution < 1.29 is 44.0 Å². The van der Waals surface area contributed by atoms with E-state index < -0.39 is 0 Å². The third-order valence-electron chi connectivity index (χ3n) is 4.91. The summed E-state index contributed by atoms with van der Waals surface area (Å²) < 4.78 is 0. The Labute approximate surface area is 187 Å². The van der Waals surface area contributed by atoms with Gasteiger partial charge in [0.25, 0.3) is 0 Å². The van der Waals surface area contributed by atoms with Crippen LogP contribution in [-0.4, -0.2) is 18.8 Å². The van der Waals surface area contributed by atoms with Crippen LogP contribution in [0.3, 0.4) is 0 Å². The summed E-state index contributed by atoms with van der Waals surface area (Å²) in [7, 11) is 0. The summed E-state index contributed by atoms with van der Waals surface area (Å²) in [5.41, 5.74) is 0. The Hall–Kier alpha value is 0.951. The molecule has 5 heteroatoms. The van der Waals surface area contributed by atoms with E-state index in [0.717, 1.165) is 12.5 Å². The van der Waals surface area contributed by atoms with Crippen molar-refractivity contribution in [3.63, 3.8) is 0 Å². The Kier molecular flexibility index (Phi) is 21.6. The van der Waals surface area contributed by atoms with Crippen LogP contribution < -0.4 is 24.8 Å². The molecule has 0 spiro atoms. The second-order valence-corrected chi connectivity index (χ2v) is 14.2. The van der Waals surface area contributed by atoms with Crippen LogP contribution in [0.1, 0.15) is 71.1 Å². The van der Waals surface area contributed by atoms with E-state index in [4.69, 9.17) is 5.32 Å². The summed E-state index contributed by atoms with van der Waals surface area (Å²) in [6.07, 6.45) is 23.2. The second kappa shape index (κ2) is 19.3. The van der Waals surface area contributed by atoms with Crippen molar-refractivity contribution >= 4 is 6.19 Å². The maximum absolute atomic E-state index is 4.97. The van der Waals surface area contributed by atoms with Crippen LogP contribution in [0.15, 0.2) is 24.3 Å². The van der Waals surface area contributed by atoms with Crippen LogP contribution in [0.25, 0.3) is 5.32 Å². The van der Waals surface area contributed by atoms with Crippen molar-refractivity contribution in [2.45, 2.75) is 90.3 Å². The third kappa shape index (κ3) is 14.0. The molecule has 2 aliphatic rings. The van der Waals surface area contributed by atoms with Gasteiger partial charge in [0.05, 0.1) is 0 Å². The SMILES string of the molecule is CCCCCCCCCC[N-]C1CCC2C=CC=CC21.C[Si](C)=[Ti+2].[Cl-].[Cl-]. The minimum Gasteiger partial charge on any atom is -1.00 e. The molecule has 2 aliphatic carbocycles. The first-order valence-electron chi connectivity index (χ1n) is 10.2. The molecule has 0 saturated heterocycles. The maximum atomic E-state index is 4.97. The molecule has 26 heavy (non-hydrogen) atoms. The van der Waals surface area contributed by atoms with Crippen molar-refractivity contribution in [3.8, 4) is 0 Å². The Bertz CT molecular complexity index is 397. The molecule has 1 saturated carbocycles. The van der Waals surface area contributed by atoms with E-state index in [9.17, 15) is 0 Å². The van der Waals surface area contributed by atoms with Gasteiger partial charge in [-0.2, -0.15) is 0 Å². The molecule has 150 valence electrons. The van der Waals surface area contributed by atoms with Crippen molar-refractivity contribution in [2.24, 2.45) is 11.8 Å². The molecule has 1 fully saturated rings. The van der Waals surface area contributed by atoms with Crippen LogP contribution in [0.2, 0.25) is 13.1 Å². The molecule has 0 aromatic carbocycles. The Balaban J connectivity index is 0. The number of fused-ring (bicyclic) bond motifs is 1. The van der Waals surface area contributed by atoms with Gasteiger partial charge in [-0.25, -0.2) is 0 Å². The van der Waals surface area contributed by atoms with Gasteiger partial charge in [-0.05, 0) is 18.3 Å². The largest absolute Gasteiger partial charge is 1.00 e. The number of hydrogen-bond acceptors (Lipinski definition) is 0. The van der Waals surface area contributed by atoms with E-state index >= 15 is 0 Å². The fourth-order valence-corrected chi connectivity index (χ4v) is 3.64. The van der Waals surface area contributed by atoms with Crippen LogP contribution in [0.5, 0.6) is 0 Å². The zero-order chi connectivity index (χ0) is 17.6. The Morgan fingerprint density at radius 1 is 0.885 bits per heavy atom. The first kappa shape index (κ1) is 29.2. The Morgan fingerprint density at radius 3 is 2.04 bits per heavy atom. The van der Waals surface area contributed by atoms with E-state index in [-0.39, 0.29) is 31.0 Å². The maximum Gasteiger partial charge on any atom is -1.00 e. The summed E-state index contributed by atoms with van der Waals surface area (Å²) in [5, 5.41) is 4.97. The molecule has 2 rings (SSSR count). The standard InChI is InChI=1S/C19H32N.C2H6Si.2ClH.Ti/c1-2-3-4-5-6-7-8-11-16-20-19-15-14-17-12-9-10-13-18(17)19;1-3-2;;;/h9-10,12-13,17-19H,2-8,11,14-16H2,1H3;1-2H3;2*1H;/q-1;;;;+2/p-2. The van der Waals surface area contributed by atoms with Crippen LogP contribution >= 0.6 is 0 Å². The first-order valence-corrected chi connectivity index (χ1v) is 15.0. The molecular weight excluding hydrogens is 413 g/mol. The van der Waals surface area contributed by atoms with Gasteiger partial charge in [-0.1, -0.05) is 89.0 Å². The van der Waals surface area contributed by atoms with Gasteiger partial charge in [-0.3, -0.25) is 0 Å². The van der Waals surface area contributed by atoms with Gasteiger partial charge in [0.2, 0.25) is 0 Å². The number of halogens is 2. The van der Waals surface area contributed by atoms with Gasteiger partial charge in [0.1, 0.15) is 0 Å². The van der Waals surface area contributed by atoms with Crippen molar-refractivity contribution in [1.29, 1.82) is 0 Å². The topological polar surface area (TPSA) is 14.1 Å². The van der Waals surface area contributed by atoms with Crippen molar-refractivity contribution in [2.75, 3.05) is 6.54 Å². The van der Waals surface area contributed by atoms with Gasteiger partial charge < -0.3 is 30.1 Å². The number of allylic oxidation sites excluding steroid dienone is 3. The molecule has 0 bridgehead atoms. The van der Waals surface area contributed by atoms with E-state index in [1.54, 1.807) is 0 Å². The molecule has 3 unspecified atom stereocenters. The van der Waals surface area contributed by atoms with Gasteiger partial charge in [0, 0.05) is 0 Å². The number of rotatable bonds is 10. The smallest absolute Gasteiger partial charge is 1.00 e. The first-order chi connectivity index (χ1) is 11.6. The molecular formula is C21H38Cl2NSiTi-. The summed E-state index contributed by atoms with van der Waals surface area (Å²) in [5.74, 6) is 1.50. The van der Waals surface area contributed by atoms with Crippen LogP contribution in [0, 0.1) is 11.8 Å². The molecule has 0 N–H and O–H groups in total. The number of hydrogen-bond donors (Lipinski definition) is 0. The van der Waals surface area contributed by atoms with Crippen molar-refractivity contribution in [3.05, 3.63) is 29.6 Å². The van der Waals surface area contributed by atoms with Gasteiger partial charge in [0.15, 0.2) is 0 Å². The molecule has 0 radical (unpaired) electrons. The quantitative estimate of drug-likeness (QED) is 0.345. The minimum atomic E-state index is 0. The molecule has 0 aromatic heterocycles. The van der Waals surface area contributed by atoms with Gasteiger partial charge in [-0.15, -0.1) is 12.6 Å². The fraction of sp³-hybridized carbons (Fsp3) is 0.810. The van der Waals surface area contributed by atoms with Crippen LogP contribution in [0.4, 0.5) is 0 Å². The zero-order valence-corrected chi connectivity index (χ0v) is 21.1. The Morgan fingerprint density at radius 2 is 1.42 bits per heavy atom. The average Bonchev–Trinajstić information content (AvgIpc) is 2.96. The van der Waals surface area contributed by atoms with E-state index in [1.807, 2.05) is 0 Å². The van der Waals surface area contributed by atoms with E-state index in [1.165, 1.54) is 64.2 Å². The number of unbranched alkanes of at least 4 members (excludes halogenated alkanes) is 7. The summed E-state index contributed by atoms with van der Waals surface area (Å²) in [4.78, 5) is 0. The number of nitrogens with zero attached hydrogens (tertiary/aromatic N) is 1.